The van der Waals surface area contributed by atoms with Gasteiger partial charge in [0.2, 0.25) is 0 Å². The van der Waals surface area contributed by atoms with Crippen molar-refractivity contribution in [2.24, 2.45) is 5.73 Å². The molecule has 0 spiro atoms. The predicted octanol–water partition coefficient (Wildman–Crippen LogP) is 1.19. The summed E-state index contributed by atoms with van der Waals surface area (Å²) in [5, 5.41) is 0. The lowest BCUT2D eigenvalue weighted by Crippen LogP contribution is -2.08. The highest BCUT2D eigenvalue weighted by Crippen LogP contribution is 2.30. The van der Waals surface area contributed by atoms with Gasteiger partial charge >= 0.3 is 0 Å². The van der Waals surface area contributed by atoms with Crippen LogP contribution < -0.4 is 5.73 Å². The summed E-state index contributed by atoms with van der Waals surface area (Å²) in [5.41, 5.74) is 6.42. The third kappa shape index (κ3) is 2.36. The van der Waals surface area contributed by atoms with E-state index in [-0.39, 0.29) is 6.16 Å². The molecule has 0 saturated carbocycles. The van der Waals surface area contributed by atoms with E-state index in [1.54, 1.807) is 18.2 Å². The Labute approximate surface area is 96.5 Å². The number of hydrogen-bond acceptors (Lipinski definition) is 5. The highest BCUT2D eigenvalue weighted by molar-refractivity contribution is 7.44. The van der Waals surface area contributed by atoms with Crippen molar-refractivity contribution in [2.45, 2.75) is 6.16 Å². The van der Waals surface area contributed by atoms with Crippen molar-refractivity contribution in [1.29, 1.82) is 0 Å². The number of rotatable bonds is 3. The smallest absolute Gasteiger partial charge is 0.258 e. The summed E-state index contributed by atoms with van der Waals surface area (Å²) in [6, 6.07) is 5.13. The summed E-state index contributed by atoms with van der Waals surface area (Å²) in [6.45, 7) is 0. The molecule has 7 heteroatoms. The van der Waals surface area contributed by atoms with Crippen LogP contribution in [0.25, 0.3) is 10.2 Å². The molecule has 0 saturated heterocycles. The molecule has 2 rings (SSSR count). The Hall–Kier alpha value is -1.07. The van der Waals surface area contributed by atoms with Gasteiger partial charge in [0.05, 0.1) is 26.9 Å². The van der Waals surface area contributed by atoms with E-state index in [9.17, 15) is 4.79 Å². The third-order valence-corrected chi connectivity index (χ3v) is 3.69. The maximum absolute atomic E-state index is 11.0. The van der Waals surface area contributed by atoms with Crippen LogP contribution in [0.1, 0.15) is 15.4 Å². The molecule has 0 aliphatic rings. The summed E-state index contributed by atoms with van der Waals surface area (Å²) in [4.78, 5) is 33.4. The van der Waals surface area contributed by atoms with Crippen LogP contribution in [0.5, 0.6) is 0 Å². The van der Waals surface area contributed by atoms with E-state index in [0.717, 1.165) is 4.70 Å². The summed E-state index contributed by atoms with van der Waals surface area (Å²) >= 11 is 1.28. The lowest BCUT2D eigenvalue weighted by Gasteiger charge is -2.00. The topological polar surface area (TPSA) is 96.4 Å². The Bertz CT molecular complexity index is 541. The molecule has 16 heavy (non-hydrogen) atoms. The van der Waals surface area contributed by atoms with Crippen LogP contribution in [0.2, 0.25) is 0 Å². The van der Waals surface area contributed by atoms with Crippen LogP contribution in [-0.4, -0.2) is 20.7 Å². The van der Waals surface area contributed by atoms with Crippen molar-refractivity contribution in [3.63, 3.8) is 0 Å². The quantitative estimate of drug-likeness (QED) is 0.718. The second kappa shape index (κ2) is 4.43. The Morgan fingerprint density at radius 3 is 2.88 bits per heavy atom. The fraction of sp³-hybridized carbons (Fsp3) is 0.111. The molecule has 2 aromatic rings. The monoisotopic (exact) mass is 256 g/mol. The van der Waals surface area contributed by atoms with Gasteiger partial charge in [-0.25, -0.2) is 0 Å². The average molecular weight is 256 g/mol. The van der Waals surface area contributed by atoms with Crippen LogP contribution in [0.3, 0.4) is 0 Å². The molecular weight excluding hydrogens is 247 g/mol. The summed E-state index contributed by atoms with van der Waals surface area (Å²) in [7, 11) is -1.99. The second-order valence-electron chi connectivity index (χ2n) is 3.19. The molecule has 1 amide bonds. The Morgan fingerprint density at radius 1 is 1.50 bits per heavy atom. The molecule has 0 aliphatic carbocycles. The van der Waals surface area contributed by atoms with Gasteiger partial charge < -0.3 is 15.5 Å². The minimum atomic E-state index is -1.99. The van der Waals surface area contributed by atoms with Gasteiger partial charge in [-0.2, -0.15) is 0 Å². The molecule has 2 heterocycles. The lowest BCUT2D eigenvalue weighted by molar-refractivity contribution is 0.100. The number of nitrogens with two attached hydrogens (primary N) is 1. The van der Waals surface area contributed by atoms with Crippen LogP contribution in [0, 0.1) is 0 Å². The van der Waals surface area contributed by atoms with Crippen molar-refractivity contribution in [3.05, 3.63) is 28.8 Å². The summed E-state index contributed by atoms with van der Waals surface area (Å²) in [6.07, 6.45) is 0.132. The lowest BCUT2D eigenvalue weighted by atomic mass is 10.3. The SMILES string of the molecule is NC(=O)c1cc2nc(CP(O)O)ccc2s1. The zero-order valence-corrected chi connectivity index (χ0v) is 9.83. The summed E-state index contributed by atoms with van der Waals surface area (Å²) < 4.78 is 0.859. The van der Waals surface area contributed by atoms with E-state index in [4.69, 9.17) is 15.5 Å². The molecule has 0 bridgehead atoms. The highest BCUT2D eigenvalue weighted by atomic mass is 32.1. The van der Waals surface area contributed by atoms with Crippen LogP contribution >= 0.6 is 19.7 Å². The number of thiophene rings is 1. The largest absolute Gasteiger partial charge is 0.365 e. The van der Waals surface area contributed by atoms with Gasteiger partial charge in [0.1, 0.15) is 0 Å². The van der Waals surface area contributed by atoms with Crippen LogP contribution in [-0.2, 0) is 6.16 Å². The number of carbonyl (C=O) groups is 1. The normalized spacial score (nSPS) is 11.2. The number of hydrogen-bond donors (Lipinski definition) is 3. The maximum atomic E-state index is 11.0. The number of amides is 1. The van der Waals surface area contributed by atoms with E-state index in [1.165, 1.54) is 11.3 Å². The average Bonchev–Trinajstić information content (AvgIpc) is 2.59. The van der Waals surface area contributed by atoms with Crippen molar-refractivity contribution >= 4 is 35.8 Å². The number of fused-ring (bicyclic) bond motifs is 1. The van der Waals surface area contributed by atoms with Crippen molar-refractivity contribution < 1.29 is 14.6 Å². The van der Waals surface area contributed by atoms with E-state index in [2.05, 4.69) is 4.98 Å². The first-order valence-electron chi connectivity index (χ1n) is 4.41. The van der Waals surface area contributed by atoms with Crippen molar-refractivity contribution in [3.8, 4) is 0 Å². The number of aromatic nitrogens is 1. The van der Waals surface area contributed by atoms with Gasteiger partial charge in [-0.3, -0.25) is 9.78 Å². The molecule has 0 fully saturated rings. The van der Waals surface area contributed by atoms with E-state index < -0.39 is 14.3 Å². The van der Waals surface area contributed by atoms with Crippen LogP contribution in [0.15, 0.2) is 18.2 Å². The molecule has 0 aromatic carbocycles. The van der Waals surface area contributed by atoms with Gasteiger partial charge in [0.25, 0.3) is 5.91 Å². The van der Waals surface area contributed by atoms with Crippen LogP contribution in [0.4, 0.5) is 0 Å². The minimum Gasteiger partial charge on any atom is -0.365 e. The molecule has 0 atom stereocenters. The number of nitrogens with zero attached hydrogens (tertiary/aromatic N) is 1. The van der Waals surface area contributed by atoms with Gasteiger partial charge in [0.15, 0.2) is 8.38 Å². The maximum Gasteiger partial charge on any atom is 0.258 e. The molecule has 0 unspecified atom stereocenters. The first kappa shape index (κ1) is 11.4. The summed E-state index contributed by atoms with van der Waals surface area (Å²) in [5.74, 6) is -0.476. The molecule has 2 aromatic heterocycles. The first-order chi connectivity index (χ1) is 7.56. The van der Waals surface area contributed by atoms with E-state index in [1.807, 2.05) is 0 Å². The third-order valence-electron chi connectivity index (χ3n) is 1.98. The fourth-order valence-electron chi connectivity index (χ4n) is 1.32. The number of pyridine rings is 1. The van der Waals surface area contributed by atoms with Gasteiger partial charge in [0, 0.05) is 0 Å². The minimum absolute atomic E-state index is 0.132. The Kier molecular flexibility index (Phi) is 3.16. The Balaban J connectivity index is 2.41. The standard InChI is InChI=1S/C9H9N2O3PS/c10-9(12)8-3-6-7(16-8)2-1-5(11-6)4-15(13)14/h1-3,13-14H,4H2,(H2,10,12). The first-order valence-corrected chi connectivity index (χ1v) is 6.66. The van der Waals surface area contributed by atoms with E-state index in [0.29, 0.717) is 16.1 Å². The fourth-order valence-corrected chi connectivity index (χ4v) is 2.64. The van der Waals surface area contributed by atoms with Gasteiger partial charge in [-0.05, 0) is 18.2 Å². The van der Waals surface area contributed by atoms with E-state index >= 15 is 0 Å². The molecule has 84 valence electrons. The predicted molar refractivity (Wildman–Crippen MR) is 63.2 cm³/mol. The number of primary amides is 1. The zero-order chi connectivity index (χ0) is 11.7. The molecule has 0 radical (unpaired) electrons. The van der Waals surface area contributed by atoms with Gasteiger partial charge in [-0.15, -0.1) is 11.3 Å². The highest BCUT2D eigenvalue weighted by Gasteiger charge is 2.09. The van der Waals surface area contributed by atoms with Crippen molar-refractivity contribution in [1.82, 2.24) is 4.98 Å². The Morgan fingerprint density at radius 2 is 2.25 bits per heavy atom. The van der Waals surface area contributed by atoms with Crippen molar-refractivity contribution in [2.75, 3.05) is 0 Å². The second-order valence-corrected chi connectivity index (χ2v) is 5.34. The van der Waals surface area contributed by atoms with Gasteiger partial charge in [-0.1, -0.05) is 0 Å². The molecule has 4 N–H and O–H groups in total. The molecular formula is C9H9N2O3PS. The molecule has 5 nitrogen and oxygen atoms in total. The zero-order valence-electron chi connectivity index (χ0n) is 8.12. The molecule has 0 aliphatic heterocycles. The number of carbonyl (C=O) groups excluding carboxylic acids is 1.